The number of unbranched alkanes of at least 4 members (excludes halogenated alkanes) is 6. The molecule has 0 amide bonds. The van der Waals surface area contributed by atoms with Crippen molar-refractivity contribution in [3.63, 3.8) is 0 Å². The summed E-state index contributed by atoms with van der Waals surface area (Å²) in [6, 6.07) is 51.0. The fourth-order valence-electron chi connectivity index (χ4n) is 8.85. The van der Waals surface area contributed by atoms with E-state index in [1.165, 1.54) is 148 Å². The Kier molecular flexibility index (Phi) is 16.4. The van der Waals surface area contributed by atoms with E-state index < -0.39 is 5.41 Å². The Morgan fingerprint density at radius 1 is 0.397 bits per heavy atom. The topological polar surface area (TPSA) is 0 Å². The predicted molar refractivity (Wildman–Crippen MR) is 292 cm³/mol. The molecule has 0 atom stereocenters. The van der Waals surface area contributed by atoms with Crippen LogP contribution in [0.5, 0.6) is 0 Å². The fraction of sp³-hybridized carbons (Fsp3) is 0.286. The van der Waals surface area contributed by atoms with E-state index in [-0.39, 0.29) is 0 Å². The molecule has 0 saturated heterocycles. The molecule has 0 saturated carbocycles. The van der Waals surface area contributed by atoms with Crippen molar-refractivity contribution in [2.24, 2.45) is 0 Å². The minimum Gasteiger partial charge on any atom is -0.175 e. The fourth-order valence-corrected chi connectivity index (χ4v) is 14.1. The summed E-state index contributed by atoms with van der Waals surface area (Å²) in [5.74, 6) is 2.11. The van der Waals surface area contributed by atoms with Gasteiger partial charge in [0.15, 0.2) is 0 Å². The third-order valence-electron chi connectivity index (χ3n) is 12.4. The molecule has 7 heteroatoms. The van der Waals surface area contributed by atoms with Crippen LogP contribution in [0.15, 0.2) is 139 Å². The molecule has 0 N–H and O–H groups in total. The lowest BCUT2D eigenvalue weighted by Crippen LogP contribution is -2.31. The van der Waals surface area contributed by atoms with E-state index in [0.29, 0.717) is 17.3 Å². The van der Waals surface area contributed by atoms with E-state index in [4.69, 9.17) is 0 Å². The van der Waals surface area contributed by atoms with Crippen LogP contribution in [0.3, 0.4) is 0 Å². The molecule has 8 rings (SSSR count). The maximum Gasteiger partial charge on any atom is 0.0701 e. The molecular weight excluding hydrogens is 897 g/mol. The number of aryl methyl sites for hydroxylation is 2. The number of hydrogen-bond acceptors (Lipinski definition) is 7. The Morgan fingerprint density at radius 2 is 0.825 bits per heavy atom. The molecule has 0 aliphatic heterocycles. The third kappa shape index (κ3) is 10.4. The summed E-state index contributed by atoms with van der Waals surface area (Å²) in [5, 5.41) is 2.28. The van der Waals surface area contributed by atoms with Gasteiger partial charge in [0, 0.05) is 51.4 Å². The standard InChI is InChI=1S/C56H58S7/c1-3-5-7-9-11-43-33-34-60-54(43)51-31-29-49(61-51)50-30-32-52(62-50)55-44(12-10-8-6-4-2)35-53(63-55)42-19-27-48(28-20-42)56(45-21-13-39(36-57)14-22-45,46-23-15-40(37-58)16-24-46)47-25-17-41(38-59)18-26-47/h13-35,57-59H,3-12,36-38H2,1-2H3. The first-order valence-electron chi connectivity index (χ1n) is 22.6. The second-order valence-electron chi connectivity index (χ2n) is 16.6. The molecule has 63 heavy (non-hydrogen) atoms. The van der Waals surface area contributed by atoms with E-state index >= 15 is 0 Å². The van der Waals surface area contributed by atoms with Gasteiger partial charge >= 0.3 is 0 Å². The van der Waals surface area contributed by atoms with E-state index in [9.17, 15) is 0 Å². The van der Waals surface area contributed by atoms with Crippen LogP contribution in [0.25, 0.3) is 39.7 Å². The molecule has 0 aliphatic carbocycles. The van der Waals surface area contributed by atoms with Crippen LogP contribution >= 0.6 is 83.2 Å². The van der Waals surface area contributed by atoms with E-state index in [0.717, 1.165) is 6.42 Å². The van der Waals surface area contributed by atoms with Gasteiger partial charge in [0.25, 0.3) is 0 Å². The van der Waals surface area contributed by atoms with Gasteiger partial charge in [-0.2, -0.15) is 37.9 Å². The van der Waals surface area contributed by atoms with Gasteiger partial charge in [0.1, 0.15) is 0 Å². The first-order chi connectivity index (χ1) is 31.0. The highest BCUT2D eigenvalue weighted by Gasteiger charge is 2.38. The van der Waals surface area contributed by atoms with Crippen LogP contribution in [0, 0.1) is 0 Å². The van der Waals surface area contributed by atoms with Crippen molar-refractivity contribution in [3.05, 3.63) is 189 Å². The van der Waals surface area contributed by atoms with Gasteiger partial charge in [-0.25, -0.2) is 0 Å². The Labute approximate surface area is 409 Å². The van der Waals surface area contributed by atoms with Crippen LogP contribution in [0.1, 0.15) is 115 Å². The first kappa shape index (κ1) is 46.3. The maximum atomic E-state index is 4.61. The highest BCUT2D eigenvalue weighted by atomic mass is 32.1. The monoisotopic (exact) mass is 954 g/mol. The smallest absolute Gasteiger partial charge is 0.0701 e. The van der Waals surface area contributed by atoms with Crippen LogP contribution < -0.4 is 0 Å². The van der Waals surface area contributed by atoms with Crippen molar-refractivity contribution in [3.8, 4) is 39.7 Å². The molecule has 0 radical (unpaired) electrons. The summed E-state index contributed by atoms with van der Waals surface area (Å²) in [5.41, 5.74) is 12.3. The molecule has 0 bridgehead atoms. The molecule has 0 spiro atoms. The van der Waals surface area contributed by atoms with Crippen molar-refractivity contribution >= 4 is 83.2 Å². The highest BCUT2D eigenvalue weighted by Crippen LogP contribution is 2.49. The summed E-state index contributed by atoms with van der Waals surface area (Å²) in [6.45, 7) is 4.59. The molecule has 0 unspecified atom stereocenters. The van der Waals surface area contributed by atoms with Gasteiger partial charge in [-0.05, 0) is 123 Å². The summed E-state index contributed by atoms with van der Waals surface area (Å²) < 4.78 is 0. The van der Waals surface area contributed by atoms with Gasteiger partial charge in [-0.3, -0.25) is 0 Å². The zero-order valence-corrected chi connectivity index (χ0v) is 42.4. The van der Waals surface area contributed by atoms with Crippen molar-refractivity contribution in [2.45, 2.75) is 101 Å². The molecule has 4 heterocycles. The molecule has 0 fully saturated rings. The minimum absolute atomic E-state index is 0.544. The van der Waals surface area contributed by atoms with E-state index in [1.54, 1.807) is 0 Å². The number of thiophene rings is 4. The summed E-state index contributed by atoms with van der Waals surface area (Å²) in [4.78, 5) is 9.74. The predicted octanol–water partition coefficient (Wildman–Crippen LogP) is 18.5. The molecule has 4 aromatic carbocycles. The summed E-state index contributed by atoms with van der Waals surface area (Å²) in [6.07, 6.45) is 12.5. The Bertz CT molecular complexity index is 2520. The lowest BCUT2D eigenvalue weighted by molar-refractivity contribution is 0.668. The average Bonchev–Trinajstić information content (AvgIpc) is 4.18. The van der Waals surface area contributed by atoms with Gasteiger partial charge in [-0.15, -0.1) is 45.3 Å². The van der Waals surface area contributed by atoms with Crippen molar-refractivity contribution in [2.75, 3.05) is 0 Å². The van der Waals surface area contributed by atoms with Crippen LogP contribution in [-0.2, 0) is 35.5 Å². The maximum absolute atomic E-state index is 4.61. The van der Waals surface area contributed by atoms with Crippen LogP contribution in [-0.4, -0.2) is 0 Å². The second kappa shape index (κ2) is 22.3. The lowest BCUT2D eigenvalue weighted by Gasteiger charge is -2.37. The van der Waals surface area contributed by atoms with Crippen LogP contribution in [0.4, 0.5) is 0 Å². The largest absolute Gasteiger partial charge is 0.175 e. The van der Waals surface area contributed by atoms with Gasteiger partial charge in [0.2, 0.25) is 0 Å². The third-order valence-corrected chi connectivity index (χ3v) is 18.4. The Hall–Kier alpha value is -3.27. The zero-order valence-electron chi connectivity index (χ0n) is 36.4. The quantitative estimate of drug-likeness (QED) is 0.0357. The molecule has 8 aromatic rings. The minimum atomic E-state index is -0.544. The summed E-state index contributed by atoms with van der Waals surface area (Å²) in [7, 11) is 0. The first-order valence-corrected chi connectivity index (χ1v) is 27.8. The number of thiol groups is 3. The van der Waals surface area contributed by atoms with Crippen molar-refractivity contribution < 1.29 is 0 Å². The van der Waals surface area contributed by atoms with Gasteiger partial charge < -0.3 is 0 Å². The second-order valence-corrected chi connectivity index (χ2v) is 21.7. The lowest BCUT2D eigenvalue weighted by atomic mass is 9.65. The molecule has 324 valence electrons. The number of rotatable bonds is 21. The van der Waals surface area contributed by atoms with Crippen molar-refractivity contribution in [1.29, 1.82) is 0 Å². The van der Waals surface area contributed by atoms with Crippen molar-refractivity contribution in [1.82, 2.24) is 0 Å². The van der Waals surface area contributed by atoms with Gasteiger partial charge in [-0.1, -0.05) is 149 Å². The van der Waals surface area contributed by atoms with Crippen LogP contribution in [0.2, 0.25) is 0 Å². The molecule has 4 aromatic heterocycles. The number of hydrogen-bond donors (Lipinski definition) is 3. The Morgan fingerprint density at radius 3 is 1.29 bits per heavy atom. The highest BCUT2D eigenvalue weighted by molar-refractivity contribution is 7.79. The molecular formula is C56H58S7. The zero-order chi connectivity index (χ0) is 43.6. The van der Waals surface area contributed by atoms with E-state index in [1.807, 2.05) is 45.3 Å². The van der Waals surface area contributed by atoms with E-state index in [2.05, 4.69) is 191 Å². The molecule has 0 nitrogen and oxygen atoms in total. The SMILES string of the molecule is CCCCCCc1ccsc1-c1ccc(-c2ccc(-c3sc(-c4ccc(C(c5ccc(CS)cc5)(c5ccc(CS)cc5)c5ccc(CS)cc5)cc4)cc3CCCCCC)s2)s1. The normalized spacial score (nSPS) is 11.8. The summed E-state index contributed by atoms with van der Waals surface area (Å²) >= 11 is 21.6. The van der Waals surface area contributed by atoms with Gasteiger partial charge in [0.05, 0.1) is 5.41 Å². The Balaban J connectivity index is 1.15. The number of benzene rings is 4. The average molecular weight is 956 g/mol. The molecule has 0 aliphatic rings.